The molecule has 8 heteroatoms. The Morgan fingerprint density at radius 2 is 1.86 bits per heavy atom. The average molecular weight is 227 g/mol. The van der Waals surface area contributed by atoms with Gasteiger partial charge in [0.25, 0.3) is 0 Å². The molecule has 1 heterocycles. The van der Waals surface area contributed by atoms with Crippen LogP contribution in [0.3, 0.4) is 0 Å². The van der Waals surface area contributed by atoms with Crippen LogP contribution in [0, 0.1) is 10.2 Å². The van der Waals surface area contributed by atoms with E-state index < -0.39 is 10.2 Å². The maximum Gasteiger partial charge on any atom is 0.315 e. The van der Waals surface area contributed by atoms with Crippen LogP contribution in [0.1, 0.15) is 6.92 Å². The third-order valence-corrected chi connectivity index (χ3v) is 1.40. The Hall–Kier alpha value is -0.700. The van der Waals surface area contributed by atoms with E-state index in [9.17, 15) is 4.79 Å². The molecule has 1 N–H and O–H groups in total. The molecule has 0 aliphatic carbocycles. The molecule has 1 amide bonds. The third kappa shape index (κ3) is 7.92. The van der Waals surface area contributed by atoms with Gasteiger partial charge < -0.3 is 4.90 Å². The number of carbonyl (C=O) groups is 1. The van der Waals surface area contributed by atoms with E-state index in [-0.39, 0.29) is 5.91 Å². The average Bonchev–Trinajstić information content (AvgIpc) is 2.31. The molecule has 14 heavy (non-hydrogen) atoms. The second-order valence-corrected chi connectivity index (χ2v) is 3.45. The molecule has 0 aromatic heterocycles. The zero-order valence-corrected chi connectivity index (χ0v) is 8.48. The van der Waals surface area contributed by atoms with Crippen molar-refractivity contribution in [2.45, 2.75) is 6.92 Å². The minimum absolute atomic E-state index is 0.176. The molecule has 0 aromatic carbocycles. The van der Waals surface area contributed by atoms with Crippen LogP contribution in [0.2, 0.25) is 0 Å². The van der Waals surface area contributed by atoms with Gasteiger partial charge in [0.2, 0.25) is 0 Å². The molecule has 1 rings (SSSR count). The van der Waals surface area contributed by atoms with E-state index in [1.54, 1.807) is 6.92 Å². The van der Waals surface area contributed by atoms with E-state index in [2.05, 4.69) is 0 Å². The van der Waals surface area contributed by atoms with Crippen molar-refractivity contribution in [2.24, 2.45) is 0 Å². The monoisotopic (exact) mass is 226 g/mol. The van der Waals surface area contributed by atoms with Gasteiger partial charge in [0.15, 0.2) is 6.67 Å². The van der Waals surface area contributed by atoms with Crippen molar-refractivity contribution in [1.29, 1.82) is 0 Å². The Labute approximate surface area is 83.2 Å². The number of amides is 1. The van der Waals surface area contributed by atoms with E-state index in [4.69, 9.17) is 18.6 Å². The maximum absolute atomic E-state index is 10.7. The molecule has 0 fully saturated rings. The Morgan fingerprint density at radius 3 is 2.00 bits per heavy atom. The lowest BCUT2D eigenvalue weighted by Crippen LogP contribution is -3.09. The highest BCUT2D eigenvalue weighted by Gasteiger charge is 2.17. The zero-order valence-electron chi connectivity index (χ0n) is 7.73. The fraction of sp³-hybridized carbons (Fsp3) is 0.500. The highest BCUT2D eigenvalue weighted by atomic mass is 35.7. The molecule has 0 bridgehead atoms. The number of hydrogen-bond donors (Lipinski definition) is 1. The van der Waals surface area contributed by atoms with Crippen molar-refractivity contribution in [3.8, 4) is 0 Å². The summed E-state index contributed by atoms with van der Waals surface area (Å²) in [6.07, 6.45) is 3.78. The van der Waals surface area contributed by atoms with Crippen LogP contribution in [-0.2, 0) is 4.79 Å². The summed E-state index contributed by atoms with van der Waals surface area (Å²) in [6.45, 7) is 2.37. The van der Waals surface area contributed by atoms with Crippen molar-refractivity contribution in [3.63, 3.8) is 0 Å². The predicted octanol–water partition coefficient (Wildman–Crippen LogP) is -5.96. The molecule has 1 aliphatic rings. The van der Waals surface area contributed by atoms with Crippen LogP contribution in [0.25, 0.3) is 0 Å². The van der Waals surface area contributed by atoms with E-state index >= 15 is 0 Å². The number of rotatable bonds is 0. The van der Waals surface area contributed by atoms with Gasteiger partial charge in [-0.05, 0) is 0 Å². The number of quaternary nitrogens is 1. The van der Waals surface area contributed by atoms with Crippen molar-refractivity contribution >= 4 is 5.91 Å². The van der Waals surface area contributed by atoms with Crippen molar-refractivity contribution in [3.05, 3.63) is 12.4 Å². The fourth-order valence-electron chi connectivity index (χ4n) is 0.820. The standard InChI is InChI=1S/C6H10N2O.ClHO4/c1-6(9)8-4-3-7(2)5-8;2-1(3,4)5/h3-4H,5H2,1-2H3;(H,2,3,4,5). The first-order valence-corrected chi connectivity index (χ1v) is 4.80. The molecule has 0 spiro atoms. The van der Waals surface area contributed by atoms with Crippen molar-refractivity contribution in [1.82, 2.24) is 4.90 Å². The normalized spacial score (nSPS) is 20.4. The second kappa shape index (κ2) is 5.25. The number of nitrogens with zero attached hydrogens (tertiary/aromatic N) is 1. The maximum atomic E-state index is 10.7. The van der Waals surface area contributed by atoms with Gasteiger partial charge in [-0.15, -0.1) is 10.2 Å². The van der Waals surface area contributed by atoms with Gasteiger partial charge in [-0.3, -0.25) is 0 Å². The van der Waals surface area contributed by atoms with Gasteiger partial charge in [0, 0.05) is 7.05 Å². The summed E-state index contributed by atoms with van der Waals surface area (Å²) >= 11 is 0. The van der Waals surface area contributed by atoms with E-state index in [1.807, 2.05) is 24.3 Å². The van der Waals surface area contributed by atoms with Gasteiger partial charge in [-0.1, -0.05) is 0 Å². The molecule has 7 nitrogen and oxygen atoms in total. The number of hydrogen-bond acceptors (Lipinski definition) is 6. The Bertz CT molecular complexity index is 221. The van der Waals surface area contributed by atoms with Gasteiger partial charge in [0.1, 0.15) is 6.20 Å². The lowest BCUT2D eigenvalue weighted by Gasteiger charge is -2.17. The van der Waals surface area contributed by atoms with Crippen LogP contribution in [0.5, 0.6) is 0 Å². The number of carbonyl (C=O) groups excluding carboxylic acids is 1. The molecule has 1 aliphatic heterocycles. The summed E-state index contributed by atoms with van der Waals surface area (Å²) < 4.78 is 34.0. The predicted molar refractivity (Wildman–Crippen MR) is 33.4 cm³/mol. The minimum Gasteiger partial charge on any atom is -0.329 e. The topological polar surface area (TPSA) is 117 Å². The quantitative estimate of drug-likeness (QED) is 0.440. The Kier molecular flexibility index (Phi) is 4.99. The fourth-order valence-corrected chi connectivity index (χ4v) is 0.820. The zero-order chi connectivity index (χ0) is 11.4. The first kappa shape index (κ1) is 13.3. The first-order valence-electron chi connectivity index (χ1n) is 3.57. The lowest BCUT2D eigenvalue weighted by molar-refractivity contribution is -2.00. The molecule has 1 atom stereocenters. The van der Waals surface area contributed by atoms with Crippen LogP contribution >= 0.6 is 0 Å². The van der Waals surface area contributed by atoms with Crippen molar-refractivity contribution < 1.29 is 38.6 Å². The van der Waals surface area contributed by atoms with Gasteiger partial charge in [-0.25, -0.2) is 28.3 Å². The first-order chi connectivity index (χ1) is 6.20. The van der Waals surface area contributed by atoms with Crippen LogP contribution < -0.4 is 23.5 Å². The van der Waals surface area contributed by atoms with Crippen molar-refractivity contribution in [2.75, 3.05) is 13.7 Å². The smallest absolute Gasteiger partial charge is 0.315 e. The molecule has 0 aromatic rings. The molecule has 1 unspecified atom stereocenters. The van der Waals surface area contributed by atoms with Gasteiger partial charge in [0.05, 0.1) is 13.1 Å². The molecule has 0 saturated heterocycles. The summed E-state index contributed by atoms with van der Waals surface area (Å²) in [5, 5.41) is 0. The van der Waals surface area contributed by atoms with E-state index in [0.717, 1.165) is 11.6 Å². The lowest BCUT2D eigenvalue weighted by atomic mass is 10.6. The van der Waals surface area contributed by atoms with E-state index in [0.29, 0.717) is 0 Å². The summed E-state index contributed by atoms with van der Waals surface area (Å²) in [5.74, 6) is 0.176. The van der Waals surface area contributed by atoms with Gasteiger partial charge >= 0.3 is 5.91 Å². The summed E-state index contributed by atoms with van der Waals surface area (Å²) in [5.41, 5.74) is 0. The van der Waals surface area contributed by atoms with Crippen LogP contribution in [-0.4, -0.2) is 24.5 Å². The molecule has 0 saturated carbocycles. The summed E-state index contributed by atoms with van der Waals surface area (Å²) in [7, 11) is -2.99. The minimum atomic E-state index is -4.94. The molecule has 82 valence electrons. The highest BCUT2D eigenvalue weighted by Crippen LogP contribution is 1.81. The Morgan fingerprint density at radius 1 is 1.43 bits per heavy atom. The summed E-state index contributed by atoms with van der Waals surface area (Å²) in [6, 6.07) is 0. The van der Waals surface area contributed by atoms with Crippen LogP contribution in [0.4, 0.5) is 0 Å². The van der Waals surface area contributed by atoms with Gasteiger partial charge in [-0.2, -0.15) is 0 Å². The molecule has 0 radical (unpaired) electrons. The number of nitrogens with one attached hydrogen (secondary N) is 1. The second-order valence-electron chi connectivity index (χ2n) is 2.69. The number of halogens is 1. The molecular weight excluding hydrogens is 216 g/mol. The Balaban J connectivity index is 0.000000292. The summed E-state index contributed by atoms with van der Waals surface area (Å²) in [4.78, 5) is 13.6. The largest absolute Gasteiger partial charge is 0.329 e. The van der Waals surface area contributed by atoms with Crippen LogP contribution in [0.15, 0.2) is 12.4 Å². The highest BCUT2D eigenvalue weighted by molar-refractivity contribution is 5.63. The third-order valence-electron chi connectivity index (χ3n) is 1.40. The SMILES string of the molecule is CC(=O)[NH+]1C=CN(C)C1.[O-][Cl+3]([O-])([O-])[O-]. The van der Waals surface area contributed by atoms with E-state index in [1.165, 1.54) is 0 Å². The molecular formula is C6H11ClN2O5.